The number of carbonyl (C=O) groups excluding carboxylic acids is 2. The predicted octanol–water partition coefficient (Wildman–Crippen LogP) is 1.75. The molecule has 0 spiro atoms. The highest BCUT2D eigenvalue weighted by atomic mass is 16.5. The van der Waals surface area contributed by atoms with Crippen LogP contribution in [0.5, 0.6) is 0 Å². The van der Waals surface area contributed by atoms with Gasteiger partial charge in [0.05, 0.1) is 13.2 Å². The van der Waals surface area contributed by atoms with Crippen molar-refractivity contribution in [3.63, 3.8) is 0 Å². The summed E-state index contributed by atoms with van der Waals surface area (Å²) in [6, 6.07) is 8.14. The van der Waals surface area contributed by atoms with Crippen LogP contribution in [0.25, 0.3) is 0 Å². The number of hydrogen-bond donors (Lipinski definition) is 1. The molecule has 5 nitrogen and oxygen atoms in total. The van der Waals surface area contributed by atoms with E-state index in [2.05, 4.69) is 5.32 Å². The monoisotopic (exact) mass is 292 g/mol. The van der Waals surface area contributed by atoms with Gasteiger partial charge in [0.25, 0.3) is 0 Å². The summed E-state index contributed by atoms with van der Waals surface area (Å²) in [4.78, 5) is 26.0. The minimum Gasteiger partial charge on any atom is -0.468 e. The molecule has 0 saturated carbocycles. The van der Waals surface area contributed by atoms with Gasteiger partial charge in [-0.15, -0.1) is 0 Å². The molecule has 0 aromatic heterocycles. The maximum atomic E-state index is 12.3. The van der Waals surface area contributed by atoms with Gasteiger partial charge in [-0.2, -0.15) is 0 Å². The van der Waals surface area contributed by atoms with E-state index in [1.807, 2.05) is 44.2 Å². The molecule has 2 atom stereocenters. The van der Waals surface area contributed by atoms with Crippen molar-refractivity contribution in [2.24, 2.45) is 0 Å². The van der Waals surface area contributed by atoms with Crippen LogP contribution < -0.4 is 5.32 Å². The third-order valence-electron chi connectivity index (χ3n) is 3.43. The first-order chi connectivity index (χ1) is 10.0. The molecule has 0 fully saturated rings. The summed E-state index contributed by atoms with van der Waals surface area (Å²) in [5.41, 5.74) is 0.781. The number of hydrogen-bond acceptors (Lipinski definition) is 4. The van der Waals surface area contributed by atoms with Gasteiger partial charge in [0.1, 0.15) is 6.04 Å². The molecule has 1 rings (SSSR count). The molecule has 116 valence electrons. The van der Waals surface area contributed by atoms with E-state index in [0.29, 0.717) is 13.1 Å². The lowest BCUT2D eigenvalue weighted by molar-refractivity contribution is -0.144. The fourth-order valence-corrected chi connectivity index (χ4v) is 2.19. The second-order valence-electron chi connectivity index (χ2n) is 4.77. The second-order valence-corrected chi connectivity index (χ2v) is 4.77. The standard InChI is InChI=1S/C16H24N2O3/c1-5-18(6-2)15(19)12(3)17-14(16(20)21-4)13-10-8-7-9-11-13/h7-12,14,17H,5-6H2,1-4H3. The van der Waals surface area contributed by atoms with Gasteiger partial charge in [0.15, 0.2) is 0 Å². The van der Waals surface area contributed by atoms with Crippen molar-refractivity contribution in [3.05, 3.63) is 35.9 Å². The summed E-state index contributed by atoms with van der Waals surface area (Å²) in [6.45, 7) is 6.93. The Morgan fingerprint density at radius 3 is 2.24 bits per heavy atom. The molecule has 1 N–H and O–H groups in total. The van der Waals surface area contributed by atoms with Crippen LogP contribution in [0.3, 0.4) is 0 Å². The molecule has 1 aromatic rings. The van der Waals surface area contributed by atoms with Crippen molar-refractivity contribution in [3.8, 4) is 0 Å². The van der Waals surface area contributed by atoms with Gasteiger partial charge in [-0.1, -0.05) is 30.3 Å². The summed E-state index contributed by atoms with van der Waals surface area (Å²) in [5.74, 6) is -0.426. The minimum atomic E-state index is -0.647. The van der Waals surface area contributed by atoms with E-state index < -0.39 is 18.1 Å². The molecule has 2 unspecified atom stereocenters. The van der Waals surface area contributed by atoms with Gasteiger partial charge in [-0.3, -0.25) is 10.1 Å². The zero-order valence-electron chi connectivity index (χ0n) is 13.1. The molecule has 0 heterocycles. The van der Waals surface area contributed by atoms with Gasteiger partial charge in [-0.05, 0) is 26.3 Å². The first-order valence-electron chi connectivity index (χ1n) is 7.22. The Kier molecular flexibility index (Phi) is 6.88. The molecule has 0 aliphatic heterocycles. The largest absolute Gasteiger partial charge is 0.468 e. The average Bonchev–Trinajstić information content (AvgIpc) is 2.53. The Morgan fingerprint density at radius 1 is 1.19 bits per heavy atom. The van der Waals surface area contributed by atoms with Crippen LogP contribution in [0.2, 0.25) is 0 Å². The zero-order chi connectivity index (χ0) is 15.8. The Bertz CT molecular complexity index is 458. The summed E-state index contributed by atoms with van der Waals surface area (Å²) in [7, 11) is 1.34. The van der Waals surface area contributed by atoms with Crippen LogP contribution in [-0.4, -0.2) is 43.0 Å². The van der Waals surface area contributed by atoms with E-state index in [-0.39, 0.29) is 5.91 Å². The molecule has 0 radical (unpaired) electrons. The summed E-state index contributed by atoms with van der Waals surface area (Å²) < 4.78 is 4.83. The smallest absolute Gasteiger partial charge is 0.327 e. The number of amides is 1. The van der Waals surface area contributed by atoms with Crippen LogP contribution in [0.15, 0.2) is 30.3 Å². The SMILES string of the molecule is CCN(CC)C(=O)C(C)NC(C(=O)OC)c1ccccc1. The van der Waals surface area contributed by atoms with Crippen molar-refractivity contribution >= 4 is 11.9 Å². The first-order valence-corrected chi connectivity index (χ1v) is 7.22. The van der Waals surface area contributed by atoms with Gasteiger partial charge in [0, 0.05) is 13.1 Å². The molecule has 1 amide bonds. The van der Waals surface area contributed by atoms with E-state index in [9.17, 15) is 9.59 Å². The zero-order valence-corrected chi connectivity index (χ0v) is 13.1. The fraction of sp³-hybridized carbons (Fsp3) is 0.500. The number of benzene rings is 1. The van der Waals surface area contributed by atoms with Crippen molar-refractivity contribution in [1.29, 1.82) is 0 Å². The number of ether oxygens (including phenoxy) is 1. The molecule has 21 heavy (non-hydrogen) atoms. The van der Waals surface area contributed by atoms with E-state index in [0.717, 1.165) is 5.56 Å². The van der Waals surface area contributed by atoms with E-state index in [1.54, 1.807) is 11.8 Å². The lowest BCUT2D eigenvalue weighted by atomic mass is 10.1. The number of methoxy groups -OCH3 is 1. The number of rotatable bonds is 7. The van der Waals surface area contributed by atoms with Crippen molar-refractivity contribution in [1.82, 2.24) is 10.2 Å². The van der Waals surface area contributed by atoms with E-state index in [1.165, 1.54) is 7.11 Å². The lowest BCUT2D eigenvalue weighted by Crippen LogP contribution is -2.47. The highest BCUT2D eigenvalue weighted by molar-refractivity contribution is 5.83. The fourth-order valence-electron chi connectivity index (χ4n) is 2.19. The third-order valence-corrected chi connectivity index (χ3v) is 3.43. The minimum absolute atomic E-state index is 0.0233. The summed E-state index contributed by atoms with van der Waals surface area (Å²) >= 11 is 0. The van der Waals surface area contributed by atoms with Crippen LogP contribution >= 0.6 is 0 Å². The van der Waals surface area contributed by atoms with E-state index >= 15 is 0 Å². The number of carbonyl (C=O) groups is 2. The third kappa shape index (κ3) is 4.56. The molecular weight excluding hydrogens is 268 g/mol. The molecule has 0 aliphatic carbocycles. The molecule has 0 saturated heterocycles. The maximum Gasteiger partial charge on any atom is 0.327 e. The highest BCUT2D eigenvalue weighted by Gasteiger charge is 2.27. The van der Waals surface area contributed by atoms with Crippen LogP contribution in [0.4, 0.5) is 0 Å². The topological polar surface area (TPSA) is 58.6 Å². The summed E-state index contributed by atoms with van der Waals surface area (Å²) in [5, 5.41) is 3.07. The molecule has 1 aromatic carbocycles. The van der Waals surface area contributed by atoms with Crippen LogP contribution in [0.1, 0.15) is 32.4 Å². The Labute approximate surface area is 126 Å². The highest BCUT2D eigenvalue weighted by Crippen LogP contribution is 2.15. The first kappa shape index (κ1) is 17.2. The van der Waals surface area contributed by atoms with Gasteiger partial charge >= 0.3 is 5.97 Å². The molecule has 5 heteroatoms. The Morgan fingerprint density at radius 2 is 1.76 bits per heavy atom. The number of nitrogens with zero attached hydrogens (tertiary/aromatic N) is 1. The van der Waals surface area contributed by atoms with Gasteiger partial charge in [-0.25, -0.2) is 4.79 Å². The van der Waals surface area contributed by atoms with Crippen molar-refractivity contribution in [2.45, 2.75) is 32.9 Å². The van der Waals surface area contributed by atoms with Crippen LogP contribution in [-0.2, 0) is 14.3 Å². The Balaban J connectivity index is 2.87. The number of likely N-dealkylation sites (N-methyl/N-ethyl adjacent to an activating group) is 1. The van der Waals surface area contributed by atoms with Crippen molar-refractivity contribution in [2.75, 3.05) is 20.2 Å². The van der Waals surface area contributed by atoms with E-state index in [4.69, 9.17) is 4.74 Å². The summed E-state index contributed by atoms with van der Waals surface area (Å²) in [6.07, 6.45) is 0. The predicted molar refractivity (Wildman–Crippen MR) is 81.7 cm³/mol. The Hall–Kier alpha value is -1.88. The van der Waals surface area contributed by atoms with Crippen molar-refractivity contribution < 1.29 is 14.3 Å². The molecule has 0 bridgehead atoms. The number of esters is 1. The maximum absolute atomic E-state index is 12.3. The molecule has 0 aliphatic rings. The van der Waals surface area contributed by atoms with Gasteiger partial charge < -0.3 is 9.64 Å². The van der Waals surface area contributed by atoms with Crippen LogP contribution in [0, 0.1) is 0 Å². The second kappa shape index (κ2) is 8.42. The number of nitrogens with one attached hydrogen (secondary N) is 1. The average molecular weight is 292 g/mol. The molecular formula is C16H24N2O3. The lowest BCUT2D eigenvalue weighted by Gasteiger charge is -2.26. The quantitative estimate of drug-likeness (QED) is 0.778. The normalized spacial score (nSPS) is 13.3. The van der Waals surface area contributed by atoms with Gasteiger partial charge in [0.2, 0.25) is 5.91 Å².